The molecule has 0 spiro atoms. The lowest BCUT2D eigenvalue weighted by atomic mass is 9.98. The Kier molecular flexibility index (Phi) is 5.05. The van der Waals surface area contributed by atoms with Crippen LogP contribution in [0.1, 0.15) is 34.9 Å². The number of anilines is 1. The zero-order valence-corrected chi connectivity index (χ0v) is 18.1. The van der Waals surface area contributed by atoms with Crippen LogP contribution in [-0.2, 0) is 11.3 Å². The van der Waals surface area contributed by atoms with Gasteiger partial charge in [-0.25, -0.2) is 4.98 Å². The molecule has 162 valence electrons. The van der Waals surface area contributed by atoms with Crippen LogP contribution in [-0.4, -0.2) is 27.2 Å². The number of rotatable bonds is 6. The van der Waals surface area contributed by atoms with Gasteiger partial charge in [-0.2, -0.15) is 0 Å². The Bertz CT molecular complexity index is 1330. The SMILES string of the molecule is Cc1c(CNc2ccc3c(c2)OCC3CC(=O)O)cccc1-n1c(C)nc2ccccc21. The largest absolute Gasteiger partial charge is 0.493 e. The zero-order chi connectivity index (χ0) is 22.2. The summed E-state index contributed by atoms with van der Waals surface area (Å²) in [5, 5.41) is 12.6. The highest BCUT2D eigenvalue weighted by Crippen LogP contribution is 2.37. The molecule has 5 rings (SSSR count). The zero-order valence-electron chi connectivity index (χ0n) is 18.1. The second kappa shape index (κ2) is 8.04. The van der Waals surface area contributed by atoms with Crippen molar-refractivity contribution >= 4 is 22.7 Å². The molecule has 1 atom stereocenters. The lowest BCUT2D eigenvalue weighted by Gasteiger charge is -2.16. The number of aromatic nitrogens is 2. The quantitative estimate of drug-likeness (QED) is 0.442. The third-order valence-electron chi connectivity index (χ3n) is 6.18. The minimum absolute atomic E-state index is 0.0799. The third kappa shape index (κ3) is 3.58. The number of fused-ring (bicyclic) bond motifs is 2. The second-order valence-corrected chi connectivity index (χ2v) is 8.26. The summed E-state index contributed by atoms with van der Waals surface area (Å²) in [5.41, 5.74) is 7.55. The van der Waals surface area contributed by atoms with Gasteiger partial charge in [-0.15, -0.1) is 0 Å². The lowest BCUT2D eigenvalue weighted by Crippen LogP contribution is -2.07. The summed E-state index contributed by atoms with van der Waals surface area (Å²) >= 11 is 0. The number of para-hydroxylation sites is 2. The minimum Gasteiger partial charge on any atom is -0.493 e. The van der Waals surface area contributed by atoms with E-state index in [1.165, 1.54) is 11.1 Å². The molecular weight excluding hydrogens is 402 g/mol. The van der Waals surface area contributed by atoms with Crippen LogP contribution in [0.5, 0.6) is 5.75 Å². The number of hydrogen-bond acceptors (Lipinski definition) is 4. The molecule has 1 unspecified atom stereocenters. The summed E-state index contributed by atoms with van der Waals surface area (Å²) in [6.45, 7) is 5.27. The number of carboxylic acids is 1. The summed E-state index contributed by atoms with van der Waals surface area (Å²) in [7, 11) is 0. The fourth-order valence-electron chi connectivity index (χ4n) is 4.52. The van der Waals surface area contributed by atoms with Gasteiger partial charge in [0, 0.05) is 29.8 Å². The van der Waals surface area contributed by atoms with Crippen molar-refractivity contribution in [2.24, 2.45) is 0 Å². The van der Waals surface area contributed by atoms with E-state index in [1.807, 2.05) is 43.3 Å². The Morgan fingerprint density at radius 2 is 2.00 bits per heavy atom. The van der Waals surface area contributed by atoms with E-state index >= 15 is 0 Å². The number of aliphatic carboxylic acids is 1. The Hall–Kier alpha value is -3.80. The van der Waals surface area contributed by atoms with Crippen molar-refractivity contribution in [1.29, 1.82) is 0 Å². The molecule has 6 heteroatoms. The average molecular weight is 428 g/mol. The number of ether oxygens (including phenoxy) is 1. The fourth-order valence-corrected chi connectivity index (χ4v) is 4.52. The first kappa shape index (κ1) is 20.1. The summed E-state index contributed by atoms with van der Waals surface area (Å²) in [5.74, 6) is 0.854. The lowest BCUT2D eigenvalue weighted by molar-refractivity contribution is -0.137. The minimum atomic E-state index is -0.801. The highest BCUT2D eigenvalue weighted by atomic mass is 16.5. The maximum Gasteiger partial charge on any atom is 0.304 e. The van der Waals surface area contributed by atoms with Crippen molar-refractivity contribution in [2.45, 2.75) is 32.7 Å². The smallest absolute Gasteiger partial charge is 0.304 e. The number of imidazole rings is 1. The highest BCUT2D eigenvalue weighted by molar-refractivity contribution is 5.78. The van der Waals surface area contributed by atoms with Gasteiger partial charge < -0.3 is 15.2 Å². The van der Waals surface area contributed by atoms with Gasteiger partial charge in [0.2, 0.25) is 0 Å². The molecule has 6 nitrogen and oxygen atoms in total. The van der Waals surface area contributed by atoms with Gasteiger partial charge in [0.25, 0.3) is 0 Å². The number of aryl methyl sites for hydroxylation is 1. The van der Waals surface area contributed by atoms with Crippen LogP contribution in [0.15, 0.2) is 60.7 Å². The summed E-state index contributed by atoms with van der Waals surface area (Å²) < 4.78 is 7.95. The molecule has 2 N–H and O–H groups in total. The Labute approximate surface area is 186 Å². The standard InChI is InChI=1S/C26H25N3O3/c1-16-18(6-5-9-23(16)29-17(2)28-22-7-3-4-8-24(22)29)14-27-20-10-11-21-19(12-26(30)31)15-32-25(21)13-20/h3-11,13,19,27H,12,14-15H2,1-2H3,(H,30,31). The number of benzene rings is 3. The van der Waals surface area contributed by atoms with E-state index in [1.54, 1.807) is 0 Å². The molecule has 2 heterocycles. The fraction of sp³-hybridized carbons (Fsp3) is 0.231. The van der Waals surface area contributed by atoms with Gasteiger partial charge in [0.05, 0.1) is 29.7 Å². The second-order valence-electron chi connectivity index (χ2n) is 8.26. The van der Waals surface area contributed by atoms with Crippen LogP contribution in [0.3, 0.4) is 0 Å². The van der Waals surface area contributed by atoms with Crippen molar-refractivity contribution in [2.75, 3.05) is 11.9 Å². The van der Waals surface area contributed by atoms with Gasteiger partial charge in [-0.1, -0.05) is 30.3 Å². The van der Waals surface area contributed by atoms with Crippen LogP contribution in [0.25, 0.3) is 16.7 Å². The van der Waals surface area contributed by atoms with E-state index < -0.39 is 5.97 Å². The molecule has 0 aliphatic carbocycles. The molecule has 1 aliphatic heterocycles. The van der Waals surface area contributed by atoms with E-state index in [2.05, 4.69) is 41.1 Å². The third-order valence-corrected chi connectivity index (χ3v) is 6.18. The van der Waals surface area contributed by atoms with E-state index in [-0.39, 0.29) is 12.3 Å². The highest BCUT2D eigenvalue weighted by Gasteiger charge is 2.26. The van der Waals surface area contributed by atoms with Crippen LogP contribution in [0, 0.1) is 13.8 Å². The molecule has 0 fully saturated rings. The number of carbonyl (C=O) groups is 1. The summed E-state index contributed by atoms with van der Waals surface area (Å²) in [6.07, 6.45) is 0.0914. The van der Waals surface area contributed by atoms with Crippen molar-refractivity contribution < 1.29 is 14.6 Å². The van der Waals surface area contributed by atoms with E-state index in [4.69, 9.17) is 14.8 Å². The topological polar surface area (TPSA) is 76.4 Å². The van der Waals surface area contributed by atoms with Crippen molar-refractivity contribution in [3.8, 4) is 11.4 Å². The first-order valence-corrected chi connectivity index (χ1v) is 10.8. The molecule has 0 saturated heterocycles. The number of nitrogens with one attached hydrogen (secondary N) is 1. The maximum atomic E-state index is 11.1. The molecule has 0 radical (unpaired) electrons. The molecule has 32 heavy (non-hydrogen) atoms. The normalized spacial score (nSPS) is 14.9. The van der Waals surface area contributed by atoms with E-state index in [9.17, 15) is 4.79 Å². The Balaban J connectivity index is 1.39. The number of hydrogen-bond donors (Lipinski definition) is 2. The summed E-state index contributed by atoms with van der Waals surface area (Å²) in [4.78, 5) is 15.8. The molecular formula is C26H25N3O3. The molecule has 1 aromatic heterocycles. The van der Waals surface area contributed by atoms with Crippen LogP contribution in [0.2, 0.25) is 0 Å². The van der Waals surface area contributed by atoms with Crippen LogP contribution in [0.4, 0.5) is 5.69 Å². The van der Waals surface area contributed by atoms with Crippen molar-refractivity contribution in [3.63, 3.8) is 0 Å². The monoisotopic (exact) mass is 427 g/mol. The number of carboxylic acid groups (broad SMARTS) is 1. The predicted molar refractivity (Wildman–Crippen MR) is 125 cm³/mol. The molecule has 0 amide bonds. The van der Waals surface area contributed by atoms with Crippen molar-refractivity contribution in [3.05, 3.63) is 83.2 Å². The molecule has 1 aliphatic rings. The van der Waals surface area contributed by atoms with Gasteiger partial charge in [-0.3, -0.25) is 9.36 Å². The Morgan fingerprint density at radius 3 is 2.84 bits per heavy atom. The van der Waals surface area contributed by atoms with E-state index in [0.717, 1.165) is 39.5 Å². The van der Waals surface area contributed by atoms with Crippen LogP contribution < -0.4 is 10.1 Å². The molecule has 0 bridgehead atoms. The Morgan fingerprint density at radius 1 is 1.16 bits per heavy atom. The molecule has 4 aromatic rings. The van der Waals surface area contributed by atoms with Crippen LogP contribution >= 0.6 is 0 Å². The van der Waals surface area contributed by atoms with Gasteiger partial charge >= 0.3 is 5.97 Å². The van der Waals surface area contributed by atoms with Crippen molar-refractivity contribution in [1.82, 2.24) is 9.55 Å². The summed E-state index contributed by atoms with van der Waals surface area (Å²) in [6, 6.07) is 20.5. The van der Waals surface area contributed by atoms with Gasteiger partial charge in [0.15, 0.2) is 0 Å². The van der Waals surface area contributed by atoms with E-state index in [0.29, 0.717) is 13.2 Å². The molecule has 3 aromatic carbocycles. The number of nitrogens with zero attached hydrogens (tertiary/aromatic N) is 2. The first-order valence-electron chi connectivity index (χ1n) is 10.8. The maximum absolute atomic E-state index is 11.1. The first-order chi connectivity index (χ1) is 15.5. The van der Waals surface area contributed by atoms with Gasteiger partial charge in [-0.05, 0) is 49.2 Å². The van der Waals surface area contributed by atoms with Gasteiger partial charge in [0.1, 0.15) is 11.6 Å². The predicted octanol–water partition coefficient (Wildman–Crippen LogP) is 5.21. The molecule has 0 saturated carbocycles. The average Bonchev–Trinajstić information content (AvgIpc) is 3.32.